The summed E-state index contributed by atoms with van der Waals surface area (Å²) in [6, 6.07) is 7.62. The van der Waals surface area contributed by atoms with E-state index in [0.29, 0.717) is 19.5 Å². The zero-order valence-corrected chi connectivity index (χ0v) is 13.8. The van der Waals surface area contributed by atoms with E-state index in [1.54, 1.807) is 6.92 Å². The smallest absolute Gasteiger partial charge is 0.315 e. The first-order chi connectivity index (χ1) is 9.28. The average Bonchev–Trinajstić information content (AvgIpc) is 2.32. The van der Waals surface area contributed by atoms with Crippen LogP contribution in [-0.2, 0) is 6.54 Å². The Morgan fingerprint density at radius 3 is 2.70 bits per heavy atom. The summed E-state index contributed by atoms with van der Waals surface area (Å²) in [5.74, 6) is 0. The summed E-state index contributed by atoms with van der Waals surface area (Å²) in [7, 11) is 0. The second-order valence-corrected chi connectivity index (χ2v) is 6.80. The van der Waals surface area contributed by atoms with E-state index in [4.69, 9.17) is 0 Å². The first kappa shape index (κ1) is 17.0. The second-order valence-electron chi connectivity index (χ2n) is 5.88. The van der Waals surface area contributed by atoms with Crippen LogP contribution >= 0.6 is 15.9 Å². The minimum atomic E-state index is -0.364. The molecule has 0 saturated heterocycles. The molecule has 0 fully saturated rings. The lowest BCUT2D eigenvalue weighted by atomic mass is 9.87. The molecule has 2 amide bonds. The molecule has 0 radical (unpaired) electrons. The molecule has 5 heteroatoms. The van der Waals surface area contributed by atoms with Gasteiger partial charge < -0.3 is 15.7 Å². The zero-order chi connectivity index (χ0) is 15.2. The van der Waals surface area contributed by atoms with Gasteiger partial charge in [-0.15, -0.1) is 0 Å². The Hall–Kier alpha value is -1.07. The summed E-state index contributed by atoms with van der Waals surface area (Å²) in [5, 5.41) is 15.1. The highest BCUT2D eigenvalue weighted by molar-refractivity contribution is 9.10. The summed E-state index contributed by atoms with van der Waals surface area (Å²) >= 11 is 3.40. The number of aliphatic hydroxyl groups excluding tert-OH is 1. The normalized spacial score (nSPS) is 12.8. The molecule has 3 N–H and O–H groups in total. The number of hydrogen-bond acceptors (Lipinski definition) is 2. The van der Waals surface area contributed by atoms with Gasteiger partial charge in [-0.3, -0.25) is 0 Å². The summed E-state index contributed by atoms with van der Waals surface area (Å²) < 4.78 is 0.996. The van der Waals surface area contributed by atoms with Gasteiger partial charge in [0.1, 0.15) is 0 Å². The Labute approximate surface area is 129 Å². The Bertz CT molecular complexity index is 447. The average molecular weight is 343 g/mol. The zero-order valence-electron chi connectivity index (χ0n) is 12.2. The van der Waals surface area contributed by atoms with Gasteiger partial charge in [0.25, 0.3) is 0 Å². The standard InChI is InChI=1S/C15H23BrN2O2/c1-11(19)8-15(2,3)10-18-14(20)17-9-12-5-4-6-13(16)7-12/h4-7,11,19H,8-10H2,1-3H3,(H2,17,18,20). The van der Waals surface area contributed by atoms with E-state index in [1.165, 1.54) is 0 Å². The highest BCUT2D eigenvalue weighted by atomic mass is 79.9. The molecule has 20 heavy (non-hydrogen) atoms. The van der Waals surface area contributed by atoms with E-state index in [1.807, 2.05) is 38.1 Å². The van der Waals surface area contributed by atoms with E-state index in [9.17, 15) is 9.90 Å². The lowest BCUT2D eigenvalue weighted by Crippen LogP contribution is -2.41. The van der Waals surface area contributed by atoms with E-state index in [-0.39, 0.29) is 17.6 Å². The SMILES string of the molecule is CC(O)CC(C)(C)CNC(=O)NCc1cccc(Br)c1. The van der Waals surface area contributed by atoms with Crippen molar-refractivity contribution in [2.24, 2.45) is 5.41 Å². The molecule has 0 aromatic heterocycles. The van der Waals surface area contributed by atoms with Crippen molar-refractivity contribution in [2.45, 2.75) is 39.8 Å². The van der Waals surface area contributed by atoms with Crippen LogP contribution in [0, 0.1) is 5.41 Å². The van der Waals surface area contributed by atoms with Crippen LogP contribution in [0.5, 0.6) is 0 Å². The van der Waals surface area contributed by atoms with Crippen LogP contribution in [0.15, 0.2) is 28.7 Å². The van der Waals surface area contributed by atoms with Gasteiger partial charge in [0.2, 0.25) is 0 Å². The number of rotatable bonds is 6. The molecule has 0 aliphatic heterocycles. The molecule has 112 valence electrons. The summed E-state index contributed by atoms with van der Waals surface area (Å²) in [6.45, 7) is 6.82. The van der Waals surface area contributed by atoms with Crippen molar-refractivity contribution in [2.75, 3.05) is 6.54 Å². The molecule has 0 spiro atoms. The van der Waals surface area contributed by atoms with Crippen molar-refractivity contribution < 1.29 is 9.90 Å². The first-order valence-corrected chi connectivity index (χ1v) is 7.52. The molecular formula is C15H23BrN2O2. The van der Waals surface area contributed by atoms with Crippen LogP contribution in [0.2, 0.25) is 0 Å². The molecule has 0 heterocycles. The maximum absolute atomic E-state index is 11.7. The third-order valence-corrected chi connectivity index (χ3v) is 3.41. The molecular weight excluding hydrogens is 320 g/mol. The molecule has 1 rings (SSSR count). The first-order valence-electron chi connectivity index (χ1n) is 6.73. The minimum absolute atomic E-state index is 0.124. The van der Waals surface area contributed by atoms with Crippen LogP contribution in [0.4, 0.5) is 4.79 Å². The number of carbonyl (C=O) groups is 1. The third kappa shape index (κ3) is 6.91. The minimum Gasteiger partial charge on any atom is -0.393 e. The lowest BCUT2D eigenvalue weighted by molar-refractivity contribution is 0.129. The van der Waals surface area contributed by atoms with Gasteiger partial charge in [0.15, 0.2) is 0 Å². The lowest BCUT2D eigenvalue weighted by Gasteiger charge is -2.26. The van der Waals surface area contributed by atoms with E-state index in [0.717, 1.165) is 10.0 Å². The van der Waals surface area contributed by atoms with Crippen LogP contribution in [-0.4, -0.2) is 23.8 Å². The molecule has 1 atom stereocenters. The maximum Gasteiger partial charge on any atom is 0.315 e. The van der Waals surface area contributed by atoms with Crippen LogP contribution in [0.3, 0.4) is 0 Å². The quantitative estimate of drug-likeness (QED) is 0.743. The van der Waals surface area contributed by atoms with Gasteiger partial charge in [-0.05, 0) is 36.5 Å². The summed E-state index contributed by atoms with van der Waals surface area (Å²) in [5.41, 5.74) is 0.916. The van der Waals surface area contributed by atoms with E-state index >= 15 is 0 Å². The molecule has 0 saturated carbocycles. The van der Waals surface area contributed by atoms with Crippen molar-refractivity contribution in [3.8, 4) is 0 Å². The third-order valence-electron chi connectivity index (χ3n) is 2.92. The maximum atomic E-state index is 11.7. The van der Waals surface area contributed by atoms with Gasteiger partial charge >= 0.3 is 6.03 Å². The molecule has 1 unspecified atom stereocenters. The van der Waals surface area contributed by atoms with Gasteiger partial charge in [0, 0.05) is 17.6 Å². The van der Waals surface area contributed by atoms with Crippen molar-refractivity contribution in [3.63, 3.8) is 0 Å². The fourth-order valence-corrected chi connectivity index (χ4v) is 2.53. The molecule has 0 aliphatic rings. The van der Waals surface area contributed by atoms with Gasteiger partial charge in [-0.1, -0.05) is 41.9 Å². The Balaban J connectivity index is 2.34. The van der Waals surface area contributed by atoms with Crippen molar-refractivity contribution in [3.05, 3.63) is 34.3 Å². The van der Waals surface area contributed by atoms with Gasteiger partial charge in [0.05, 0.1) is 6.10 Å². The molecule has 1 aromatic carbocycles. The predicted octanol–water partition coefficient (Wildman–Crippen LogP) is 3.05. The van der Waals surface area contributed by atoms with Crippen LogP contribution < -0.4 is 10.6 Å². The number of hydrogen-bond donors (Lipinski definition) is 3. The number of halogens is 1. The predicted molar refractivity (Wildman–Crippen MR) is 84.5 cm³/mol. The number of aliphatic hydroxyl groups is 1. The number of amides is 2. The number of carbonyl (C=O) groups excluding carboxylic acids is 1. The second kappa shape index (κ2) is 7.64. The van der Waals surface area contributed by atoms with Crippen molar-refractivity contribution >= 4 is 22.0 Å². The van der Waals surface area contributed by atoms with Gasteiger partial charge in [-0.25, -0.2) is 4.79 Å². The number of urea groups is 1. The topological polar surface area (TPSA) is 61.4 Å². The molecule has 0 bridgehead atoms. The Kier molecular flexibility index (Phi) is 6.49. The van der Waals surface area contributed by atoms with Crippen molar-refractivity contribution in [1.29, 1.82) is 0 Å². The molecule has 0 aliphatic carbocycles. The van der Waals surface area contributed by atoms with Crippen molar-refractivity contribution in [1.82, 2.24) is 10.6 Å². The number of nitrogens with one attached hydrogen (secondary N) is 2. The fourth-order valence-electron chi connectivity index (χ4n) is 2.08. The Morgan fingerprint density at radius 1 is 1.40 bits per heavy atom. The van der Waals surface area contributed by atoms with E-state index < -0.39 is 0 Å². The molecule has 1 aromatic rings. The molecule has 4 nitrogen and oxygen atoms in total. The highest BCUT2D eigenvalue weighted by Gasteiger charge is 2.20. The van der Waals surface area contributed by atoms with E-state index in [2.05, 4.69) is 26.6 Å². The van der Waals surface area contributed by atoms with Gasteiger partial charge in [-0.2, -0.15) is 0 Å². The monoisotopic (exact) mass is 342 g/mol. The van der Waals surface area contributed by atoms with Crippen LogP contribution in [0.1, 0.15) is 32.8 Å². The number of benzene rings is 1. The largest absolute Gasteiger partial charge is 0.393 e. The highest BCUT2D eigenvalue weighted by Crippen LogP contribution is 2.20. The summed E-state index contributed by atoms with van der Waals surface area (Å²) in [6.07, 6.45) is 0.287. The van der Waals surface area contributed by atoms with Crippen LogP contribution in [0.25, 0.3) is 0 Å². The fraction of sp³-hybridized carbons (Fsp3) is 0.533. The Morgan fingerprint density at radius 2 is 2.10 bits per heavy atom. The summed E-state index contributed by atoms with van der Waals surface area (Å²) in [4.78, 5) is 11.7.